The normalized spacial score (nSPS) is 23.3. The third kappa shape index (κ3) is 4.70. The highest BCUT2D eigenvalue weighted by atomic mass is 16.5. The number of primary amides is 1. The van der Waals surface area contributed by atoms with Crippen molar-refractivity contribution >= 4 is 29.6 Å². The number of nitrogens with zero attached hydrogens (tertiary/aromatic N) is 1. The van der Waals surface area contributed by atoms with Crippen molar-refractivity contribution in [3.63, 3.8) is 0 Å². The molecule has 2 heterocycles. The summed E-state index contributed by atoms with van der Waals surface area (Å²) in [6.07, 6.45) is 1.65. The Labute approximate surface area is 150 Å². The van der Waals surface area contributed by atoms with Gasteiger partial charge in [0.25, 0.3) is 0 Å². The fraction of sp³-hybridized carbons (Fsp3) is 0.688. The molecule has 0 aromatic rings. The minimum atomic E-state index is -1.00. The molecule has 4 N–H and O–H groups in total. The molecule has 0 spiro atoms. The molecule has 2 aliphatic heterocycles. The van der Waals surface area contributed by atoms with Gasteiger partial charge in [-0.25, -0.2) is 0 Å². The van der Waals surface area contributed by atoms with Gasteiger partial charge in [-0.3, -0.25) is 24.0 Å². The molecule has 4 amide bonds. The number of esters is 1. The first kappa shape index (κ1) is 19.7. The zero-order chi connectivity index (χ0) is 19.3. The van der Waals surface area contributed by atoms with E-state index in [2.05, 4.69) is 15.4 Å². The number of carbonyl (C=O) groups excluding carboxylic acids is 5. The second-order valence-corrected chi connectivity index (χ2v) is 6.43. The van der Waals surface area contributed by atoms with E-state index >= 15 is 0 Å². The Hall–Kier alpha value is -2.65. The van der Waals surface area contributed by atoms with Crippen LogP contribution in [0.15, 0.2) is 0 Å². The van der Waals surface area contributed by atoms with Gasteiger partial charge in [0, 0.05) is 19.4 Å². The smallest absolute Gasteiger partial charge is 0.305 e. The van der Waals surface area contributed by atoms with Gasteiger partial charge in [-0.2, -0.15) is 0 Å². The molecule has 2 fully saturated rings. The molecular formula is C16H24N4O6. The van der Waals surface area contributed by atoms with E-state index in [1.165, 1.54) is 12.0 Å². The summed E-state index contributed by atoms with van der Waals surface area (Å²) in [5, 5.41) is 5.12. The van der Waals surface area contributed by atoms with E-state index in [-0.39, 0.29) is 25.2 Å². The van der Waals surface area contributed by atoms with Gasteiger partial charge in [-0.05, 0) is 25.7 Å². The Morgan fingerprint density at radius 1 is 1.35 bits per heavy atom. The summed E-state index contributed by atoms with van der Waals surface area (Å²) in [6.45, 7) is 0.358. The van der Waals surface area contributed by atoms with Crippen LogP contribution >= 0.6 is 0 Å². The maximum absolute atomic E-state index is 12.8. The van der Waals surface area contributed by atoms with Crippen LogP contribution in [0.1, 0.15) is 38.5 Å². The van der Waals surface area contributed by atoms with Crippen molar-refractivity contribution in [1.82, 2.24) is 15.5 Å². The van der Waals surface area contributed by atoms with Crippen molar-refractivity contribution in [2.24, 2.45) is 5.73 Å². The first-order chi connectivity index (χ1) is 12.3. The van der Waals surface area contributed by atoms with Crippen LogP contribution in [0.5, 0.6) is 0 Å². The molecule has 0 aromatic heterocycles. The average molecular weight is 368 g/mol. The first-order valence-corrected chi connectivity index (χ1v) is 8.59. The predicted molar refractivity (Wildman–Crippen MR) is 88.3 cm³/mol. The molecule has 2 rings (SSSR count). The second-order valence-electron chi connectivity index (χ2n) is 6.43. The third-order valence-electron chi connectivity index (χ3n) is 4.66. The van der Waals surface area contributed by atoms with Crippen LogP contribution in [0.4, 0.5) is 0 Å². The number of likely N-dealkylation sites (tertiary alicyclic amines) is 1. The summed E-state index contributed by atoms with van der Waals surface area (Å²) in [7, 11) is 1.23. The monoisotopic (exact) mass is 368 g/mol. The number of carbonyl (C=O) groups is 5. The van der Waals surface area contributed by atoms with Gasteiger partial charge in [-0.1, -0.05) is 0 Å². The quantitative estimate of drug-likeness (QED) is 0.451. The highest BCUT2D eigenvalue weighted by molar-refractivity contribution is 5.95. The molecule has 26 heavy (non-hydrogen) atoms. The molecular weight excluding hydrogens is 344 g/mol. The van der Waals surface area contributed by atoms with Crippen molar-refractivity contribution < 1.29 is 28.7 Å². The minimum Gasteiger partial charge on any atom is -0.469 e. The molecule has 144 valence electrons. The summed E-state index contributed by atoms with van der Waals surface area (Å²) in [6, 6.07) is -2.42. The molecule has 1 unspecified atom stereocenters. The topological polar surface area (TPSA) is 148 Å². The van der Waals surface area contributed by atoms with Gasteiger partial charge in [0.1, 0.15) is 18.1 Å². The molecule has 2 aliphatic rings. The standard InChI is InChI=1S/C16H24N4O6/c1-26-13(22)7-5-10(19-15(24)9-4-6-12(21)18-9)16(25)20-8-2-3-11(20)14(17)23/h9-11H,2-8H2,1H3,(H2,17,23)(H,18,21)(H,19,24)/t9-,10?,11-/m0/s1. The fourth-order valence-corrected chi connectivity index (χ4v) is 3.23. The zero-order valence-corrected chi connectivity index (χ0v) is 14.7. The van der Waals surface area contributed by atoms with Crippen LogP contribution < -0.4 is 16.4 Å². The lowest BCUT2D eigenvalue weighted by Gasteiger charge is -2.28. The molecule has 0 radical (unpaired) electrons. The molecule has 2 saturated heterocycles. The highest BCUT2D eigenvalue weighted by Crippen LogP contribution is 2.19. The maximum atomic E-state index is 12.8. The summed E-state index contributed by atoms with van der Waals surface area (Å²) < 4.78 is 4.58. The van der Waals surface area contributed by atoms with Gasteiger partial charge in [0.05, 0.1) is 7.11 Å². The first-order valence-electron chi connectivity index (χ1n) is 8.59. The van der Waals surface area contributed by atoms with Crippen LogP contribution in [0.2, 0.25) is 0 Å². The Bertz CT molecular complexity index is 608. The van der Waals surface area contributed by atoms with Crippen molar-refractivity contribution in [1.29, 1.82) is 0 Å². The van der Waals surface area contributed by atoms with Crippen molar-refractivity contribution in [3.8, 4) is 0 Å². The van der Waals surface area contributed by atoms with Crippen LogP contribution in [0, 0.1) is 0 Å². The second kappa shape index (κ2) is 8.63. The number of hydrogen-bond donors (Lipinski definition) is 3. The van der Waals surface area contributed by atoms with Crippen LogP contribution in [0.3, 0.4) is 0 Å². The molecule has 0 aromatic carbocycles. The number of hydrogen-bond acceptors (Lipinski definition) is 6. The van der Waals surface area contributed by atoms with Crippen molar-refractivity contribution in [2.75, 3.05) is 13.7 Å². The summed E-state index contributed by atoms with van der Waals surface area (Å²) >= 11 is 0. The van der Waals surface area contributed by atoms with E-state index in [9.17, 15) is 24.0 Å². The number of rotatable bonds is 7. The lowest BCUT2D eigenvalue weighted by Crippen LogP contribution is -2.55. The minimum absolute atomic E-state index is 0.0277. The van der Waals surface area contributed by atoms with E-state index in [1.54, 1.807) is 0 Å². The summed E-state index contributed by atoms with van der Waals surface area (Å²) in [4.78, 5) is 60.8. The highest BCUT2D eigenvalue weighted by Gasteiger charge is 2.38. The van der Waals surface area contributed by atoms with E-state index in [1.807, 2.05) is 0 Å². The Morgan fingerprint density at radius 2 is 2.08 bits per heavy atom. The lowest BCUT2D eigenvalue weighted by atomic mass is 10.1. The van der Waals surface area contributed by atoms with E-state index in [0.29, 0.717) is 25.8 Å². The van der Waals surface area contributed by atoms with Crippen LogP contribution in [-0.2, 0) is 28.7 Å². The number of nitrogens with one attached hydrogen (secondary N) is 2. The van der Waals surface area contributed by atoms with E-state index in [0.717, 1.165) is 0 Å². The molecule has 0 bridgehead atoms. The molecule has 10 heteroatoms. The molecule has 0 aliphatic carbocycles. The molecule has 10 nitrogen and oxygen atoms in total. The van der Waals surface area contributed by atoms with Gasteiger partial charge in [-0.15, -0.1) is 0 Å². The van der Waals surface area contributed by atoms with Crippen molar-refractivity contribution in [3.05, 3.63) is 0 Å². The van der Waals surface area contributed by atoms with Crippen LogP contribution in [-0.4, -0.2) is 66.3 Å². The fourth-order valence-electron chi connectivity index (χ4n) is 3.23. The van der Waals surface area contributed by atoms with Gasteiger partial charge in [0.15, 0.2) is 0 Å². The van der Waals surface area contributed by atoms with Gasteiger partial charge < -0.3 is 26.0 Å². The number of amides is 4. The number of ether oxygens (including phenoxy) is 1. The zero-order valence-electron chi connectivity index (χ0n) is 14.7. The number of methoxy groups -OCH3 is 1. The predicted octanol–water partition coefficient (Wildman–Crippen LogP) is -1.82. The average Bonchev–Trinajstić information content (AvgIpc) is 3.26. The van der Waals surface area contributed by atoms with Gasteiger partial charge in [0.2, 0.25) is 23.6 Å². The SMILES string of the molecule is COC(=O)CCC(NC(=O)[C@@H]1CCC(=O)N1)C(=O)N1CCC[C@H]1C(N)=O. The maximum Gasteiger partial charge on any atom is 0.305 e. The lowest BCUT2D eigenvalue weighted by molar-refractivity contribution is -0.143. The van der Waals surface area contributed by atoms with E-state index in [4.69, 9.17) is 5.73 Å². The van der Waals surface area contributed by atoms with Crippen LogP contribution in [0.25, 0.3) is 0 Å². The summed E-state index contributed by atoms with van der Waals surface area (Å²) in [5.41, 5.74) is 5.34. The number of nitrogens with two attached hydrogens (primary N) is 1. The Morgan fingerprint density at radius 3 is 2.65 bits per heavy atom. The Balaban J connectivity index is 2.07. The summed E-state index contributed by atoms with van der Waals surface area (Å²) in [5.74, 6) is -2.30. The molecule has 0 saturated carbocycles. The third-order valence-corrected chi connectivity index (χ3v) is 4.66. The van der Waals surface area contributed by atoms with E-state index < -0.39 is 41.8 Å². The van der Waals surface area contributed by atoms with Gasteiger partial charge >= 0.3 is 5.97 Å². The largest absolute Gasteiger partial charge is 0.469 e. The molecule has 3 atom stereocenters. The Kier molecular flexibility index (Phi) is 6.53. The van der Waals surface area contributed by atoms with Crippen molar-refractivity contribution in [2.45, 2.75) is 56.7 Å².